The summed E-state index contributed by atoms with van der Waals surface area (Å²) in [6.45, 7) is 0. The molecule has 58 heavy (non-hydrogen) atoms. The summed E-state index contributed by atoms with van der Waals surface area (Å²) < 4.78 is 89.9. The average Bonchev–Trinajstić information content (AvgIpc) is 3.72. The fraction of sp³-hybridized carbons (Fsp3) is 0.0833. The zero-order chi connectivity index (χ0) is 39.2. The van der Waals surface area contributed by atoms with E-state index in [-0.39, 0.29) is 11.0 Å². The van der Waals surface area contributed by atoms with Crippen LogP contribution in [0.1, 0.15) is 56.6 Å². The molecule has 2 bridgehead atoms. The van der Waals surface area contributed by atoms with Crippen LogP contribution >= 0.6 is 0 Å². The molecule has 0 aliphatic heterocycles. The number of para-hydroxylation sites is 4. The van der Waals surface area contributed by atoms with Crippen molar-refractivity contribution in [1.82, 2.24) is 19.1 Å². The number of aromatic nitrogens is 4. The van der Waals surface area contributed by atoms with Crippen molar-refractivity contribution in [3.8, 4) is 11.4 Å². The van der Waals surface area contributed by atoms with Gasteiger partial charge in [-0.25, -0.2) is 9.97 Å². The van der Waals surface area contributed by atoms with Gasteiger partial charge in [0.25, 0.3) is 0 Å². The Labute approximate surface area is 325 Å². The van der Waals surface area contributed by atoms with Crippen molar-refractivity contribution in [2.45, 2.75) is 24.2 Å². The molecule has 0 unspecified atom stereocenters. The molecule has 0 radical (unpaired) electrons. The van der Waals surface area contributed by atoms with Crippen molar-refractivity contribution in [1.29, 1.82) is 0 Å². The van der Waals surface area contributed by atoms with Crippen LogP contribution < -0.4 is 0 Å². The van der Waals surface area contributed by atoms with Crippen LogP contribution in [0.2, 0.25) is 0 Å². The second-order valence-corrected chi connectivity index (χ2v) is 15.1. The summed E-state index contributed by atoms with van der Waals surface area (Å²) >= 11 is 0. The molecule has 0 spiro atoms. The SMILES string of the molecule is FC(F)(F)c1cc2nc3c(nc2cc1C(F)(F)F)C1c2cc4c(cc2C3c2cc3c5ccccc5n(-c5ccccc5)c3cc21)c1ccccc1n4-c1ccccc1. The van der Waals surface area contributed by atoms with E-state index in [1.54, 1.807) is 0 Å². The molecule has 0 amide bonds. The summed E-state index contributed by atoms with van der Waals surface area (Å²) in [4.78, 5) is 9.70. The van der Waals surface area contributed by atoms with Crippen molar-refractivity contribution >= 4 is 54.6 Å². The molecule has 0 saturated carbocycles. The van der Waals surface area contributed by atoms with Crippen LogP contribution in [0, 0.1) is 0 Å². The molecule has 0 N–H and O–H groups in total. The molecule has 3 aliphatic rings. The Morgan fingerprint density at radius 3 is 1.14 bits per heavy atom. The van der Waals surface area contributed by atoms with Gasteiger partial charge in [-0.15, -0.1) is 0 Å². The first-order valence-corrected chi connectivity index (χ1v) is 18.8. The Morgan fingerprint density at radius 1 is 0.379 bits per heavy atom. The summed E-state index contributed by atoms with van der Waals surface area (Å²) in [5.74, 6) is -1.15. The normalized spacial score (nSPS) is 16.1. The fourth-order valence-electron chi connectivity index (χ4n) is 9.75. The second kappa shape index (κ2) is 11.3. The number of alkyl halides is 6. The van der Waals surface area contributed by atoms with Gasteiger partial charge in [0, 0.05) is 32.9 Å². The van der Waals surface area contributed by atoms with Gasteiger partial charge in [-0.1, -0.05) is 72.8 Å². The molecule has 4 nitrogen and oxygen atoms in total. The lowest BCUT2D eigenvalue weighted by atomic mass is 9.63. The zero-order valence-corrected chi connectivity index (χ0v) is 30.1. The van der Waals surface area contributed by atoms with E-state index >= 15 is 0 Å². The number of halogens is 6. The summed E-state index contributed by atoms with van der Waals surface area (Å²) in [5, 5.41) is 4.06. The minimum atomic E-state index is -5.26. The Balaban J connectivity index is 1.20. The van der Waals surface area contributed by atoms with E-state index in [1.165, 1.54) is 0 Å². The van der Waals surface area contributed by atoms with Crippen LogP contribution in [0.25, 0.3) is 66.0 Å². The Morgan fingerprint density at radius 2 is 0.741 bits per heavy atom. The molecule has 3 heterocycles. The van der Waals surface area contributed by atoms with E-state index in [2.05, 4.69) is 57.7 Å². The van der Waals surface area contributed by atoms with Gasteiger partial charge < -0.3 is 9.13 Å². The predicted molar refractivity (Wildman–Crippen MR) is 213 cm³/mol. The van der Waals surface area contributed by atoms with Gasteiger partial charge in [-0.2, -0.15) is 26.3 Å². The van der Waals surface area contributed by atoms with Crippen molar-refractivity contribution in [2.75, 3.05) is 0 Å². The van der Waals surface area contributed by atoms with Crippen LogP contribution in [0.4, 0.5) is 26.3 Å². The van der Waals surface area contributed by atoms with Crippen LogP contribution in [-0.4, -0.2) is 19.1 Å². The minimum Gasteiger partial charge on any atom is -0.309 e. The standard InChI is InChI=1S/C48H26F6N4/c49-47(50,51)35-23-37-38(24-36(35)48(52,53)54)56-46-44-33-21-41-29(27-15-7-9-17-39(27)57(41)25-11-3-1-4-12-25)19-31(33)43(45(46)55-37)32-20-30-28-16-8-10-18-40(28)58(42(30)22-34(32)44)26-13-5-2-6-14-26/h1-24,43-44H. The van der Waals surface area contributed by atoms with Gasteiger partial charge in [-0.3, -0.25) is 0 Å². The Hall–Kier alpha value is -6.94. The monoisotopic (exact) mass is 772 g/mol. The van der Waals surface area contributed by atoms with Crippen LogP contribution in [-0.2, 0) is 12.4 Å². The van der Waals surface area contributed by atoms with Gasteiger partial charge in [0.1, 0.15) is 0 Å². The molecule has 3 aliphatic carbocycles. The Kier molecular flexibility index (Phi) is 6.50. The summed E-state index contributed by atoms with van der Waals surface area (Å²) in [6, 6.07) is 46.1. The molecule has 3 aromatic heterocycles. The molecular formula is C48H26F6N4. The number of benzene rings is 7. The van der Waals surface area contributed by atoms with E-state index in [1.807, 2.05) is 84.9 Å². The summed E-state index contributed by atoms with van der Waals surface area (Å²) in [7, 11) is 0. The van der Waals surface area contributed by atoms with Crippen molar-refractivity contribution in [2.24, 2.45) is 0 Å². The highest BCUT2D eigenvalue weighted by molar-refractivity contribution is 6.12. The molecule has 7 aromatic carbocycles. The van der Waals surface area contributed by atoms with E-state index in [0.29, 0.717) is 23.5 Å². The maximum absolute atomic E-state index is 14.3. The lowest BCUT2D eigenvalue weighted by Gasteiger charge is -2.41. The van der Waals surface area contributed by atoms with Crippen LogP contribution in [0.15, 0.2) is 146 Å². The van der Waals surface area contributed by atoms with Gasteiger partial charge >= 0.3 is 12.4 Å². The maximum atomic E-state index is 14.3. The Bertz CT molecular complexity index is 3210. The molecular weight excluding hydrogens is 747 g/mol. The van der Waals surface area contributed by atoms with Gasteiger partial charge in [0.15, 0.2) is 0 Å². The first kappa shape index (κ1) is 33.2. The highest BCUT2D eigenvalue weighted by atomic mass is 19.4. The molecule has 280 valence electrons. The van der Waals surface area contributed by atoms with Gasteiger partial charge in [0.05, 0.1) is 67.5 Å². The maximum Gasteiger partial charge on any atom is 0.417 e. The first-order chi connectivity index (χ1) is 28.0. The summed E-state index contributed by atoms with van der Waals surface area (Å²) in [6.07, 6.45) is -10.5. The van der Waals surface area contributed by atoms with E-state index in [4.69, 9.17) is 9.97 Å². The first-order valence-electron chi connectivity index (χ1n) is 18.8. The summed E-state index contributed by atoms with van der Waals surface area (Å²) in [5.41, 5.74) is 6.41. The molecule has 0 atom stereocenters. The minimum absolute atomic E-state index is 0.238. The molecule has 0 saturated heterocycles. The highest BCUT2D eigenvalue weighted by Crippen LogP contribution is 2.58. The number of hydrogen-bond donors (Lipinski definition) is 0. The van der Waals surface area contributed by atoms with Crippen molar-refractivity contribution in [3.05, 3.63) is 190 Å². The van der Waals surface area contributed by atoms with Gasteiger partial charge in [-0.05, 0) is 95.1 Å². The fourth-order valence-corrected chi connectivity index (χ4v) is 9.75. The van der Waals surface area contributed by atoms with Gasteiger partial charge in [0.2, 0.25) is 0 Å². The molecule has 10 heteroatoms. The molecule has 10 aromatic rings. The third-order valence-electron chi connectivity index (χ3n) is 12.0. The average molecular weight is 773 g/mol. The number of rotatable bonds is 2. The van der Waals surface area contributed by atoms with E-state index in [0.717, 1.165) is 77.2 Å². The third-order valence-corrected chi connectivity index (χ3v) is 12.0. The van der Waals surface area contributed by atoms with E-state index in [9.17, 15) is 26.3 Å². The topological polar surface area (TPSA) is 35.6 Å². The van der Waals surface area contributed by atoms with Crippen LogP contribution in [0.5, 0.6) is 0 Å². The predicted octanol–water partition coefficient (Wildman–Crippen LogP) is 12.8. The third kappa shape index (κ3) is 4.48. The molecule has 13 rings (SSSR count). The lowest BCUT2D eigenvalue weighted by molar-refractivity contribution is -0.161. The number of fused-ring (bicyclic) bond motifs is 7. The van der Waals surface area contributed by atoms with Crippen LogP contribution in [0.3, 0.4) is 0 Å². The number of hydrogen-bond acceptors (Lipinski definition) is 2. The second-order valence-electron chi connectivity index (χ2n) is 15.1. The lowest BCUT2D eigenvalue weighted by Crippen LogP contribution is -2.30. The van der Waals surface area contributed by atoms with E-state index < -0.39 is 35.3 Å². The highest BCUT2D eigenvalue weighted by Gasteiger charge is 2.47. The largest absolute Gasteiger partial charge is 0.417 e. The molecule has 0 fully saturated rings. The van der Waals surface area contributed by atoms with Crippen molar-refractivity contribution < 1.29 is 26.3 Å². The zero-order valence-electron chi connectivity index (χ0n) is 30.1. The number of nitrogens with zero attached hydrogens (tertiary/aromatic N) is 4. The van der Waals surface area contributed by atoms with Crippen molar-refractivity contribution in [3.63, 3.8) is 0 Å². The smallest absolute Gasteiger partial charge is 0.309 e. The quantitative estimate of drug-likeness (QED) is 0.164.